The Bertz CT molecular complexity index is 409. The Hall–Kier alpha value is -1.08. The lowest BCUT2D eigenvalue weighted by Crippen LogP contribution is -2.28. The number of nitrogens with two attached hydrogens (primary N) is 1. The summed E-state index contributed by atoms with van der Waals surface area (Å²) in [7, 11) is 0. The molecule has 0 radical (unpaired) electrons. The Morgan fingerprint density at radius 2 is 2.31 bits per heavy atom. The van der Waals surface area contributed by atoms with Crippen molar-refractivity contribution < 1.29 is 4.39 Å². The molecule has 3 N–H and O–H groups in total. The van der Waals surface area contributed by atoms with E-state index in [2.05, 4.69) is 17.3 Å². The van der Waals surface area contributed by atoms with E-state index in [0.717, 1.165) is 18.4 Å². The van der Waals surface area contributed by atoms with Gasteiger partial charge in [-0.3, -0.25) is 11.3 Å². The minimum Gasteiger partial charge on any atom is -0.271 e. The topological polar surface area (TPSA) is 38.0 Å². The maximum Gasteiger partial charge on any atom is 0.142 e. The van der Waals surface area contributed by atoms with E-state index >= 15 is 0 Å². The molecule has 1 rings (SSSR count). The van der Waals surface area contributed by atoms with Gasteiger partial charge in [0, 0.05) is 12.5 Å². The number of rotatable bonds is 4. The van der Waals surface area contributed by atoms with Crippen LogP contribution in [0.15, 0.2) is 18.2 Å². The molecule has 16 heavy (non-hydrogen) atoms. The molecule has 0 aliphatic rings. The average molecular weight is 241 g/mol. The van der Waals surface area contributed by atoms with E-state index in [1.54, 1.807) is 13.0 Å². The largest absolute Gasteiger partial charge is 0.271 e. The van der Waals surface area contributed by atoms with Crippen molar-refractivity contribution in [3.8, 4) is 11.8 Å². The van der Waals surface area contributed by atoms with E-state index in [-0.39, 0.29) is 11.1 Å². The lowest BCUT2D eigenvalue weighted by atomic mass is 10.0. The smallest absolute Gasteiger partial charge is 0.142 e. The zero-order valence-electron chi connectivity index (χ0n) is 9.06. The highest BCUT2D eigenvalue weighted by molar-refractivity contribution is 6.30. The minimum absolute atomic E-state index is 0.104. The second-order valence-electron chi connectivity index (χ2n) is 3.36. The zero-order chi connectivity index (χ0) is 12.0. The van der Waals surface area contributed by atoms with Gasteiger partial charge in [0.1, 0.15) is 5.82 Å². The molecule has 0 aliphatic carbocycles. The summed E-state index contributed by atoms with van der Waals surface area (Å²) in [5.41, 5.74) is 3.43. The van der Waals surface area contributed by atoms with Gasteiger partial charge in [0.25, 0.3) is 0 Å². The molecular weight excluding hydrogens is 227 g/mol. The lowest BCUT2D eigenvalue weighted by Gasteiger charge is -2.15. The first-order chi connectivity index (χ1) is 7.69. The van der Waals surface area contributed by atoms with Crippen LogP contribution in [-0.4, -0.2) is 0 Å². The summed E-state index contributed by atoms with van der Waals surface area (Å²) >= 11 is 5.61. The Labute approximate surface area is 99.9 Å². The molecule has 0 aromatic heterocycles. The summed E-state index contributed by atoms with van der Waals surface area (Å²) in [6, 6.07) is 4.58. The molecule has 1 unspecified atom stereocenters. The second-order valence-corrected chi connectivity index (χ2v) is 3.77. The van der Waals surface area contributed by atoms with E-state index in [1.807, 2.05) is 0 Å². The van der Waals surface area contributed by atoms with Gasteiger partial charge in [-0.15, -0.1) is 11.8 Å². The number of hydrazine groups is 1. The molecule has 4 heteroatoms. The van der Waals surface area contributed by atoms with Crippen molar-refractivity contribution in [2.45, 2.75) is 25.8 Å². The van der Waals surface area contributed by atoms with Gasteiger partial charge in [-0.05, 0) is 31.0 Å². The molecule has 0 spiro atoms. The fraction of sp³-hybridized carbons (Fsp3) is 0.333. The van der Waals surface area contributed by atoms with Crippen molar-refractivity contribution in [1.29, 1.82) is 0 Å². The SMILES string of the molecule is CC#CCCC(NN)c1ccc(Cl)c(F)c1. The summed E-state index contributed by atoms with van der Waals surface area (Å²) in [5.74, 6) is 10.7. The lowest BCUT2D eigenvalue weighted by molar-refractivity contribution is 0.519. The van der Waals surface area contributed by atoms with Crippen molar-refractivity contribution in [3.05, 3.63) is 34.6 Å². The van der Waals surface area contributed by atoms with E-state index in [4.69, 9.17) is 17.4 Å². The van der Waals surface area contributed by atoms with Crippen LogP contribution in [0.5, 0.6) is 0 Å². The first-order valence-electron chi connectivity index (χ1n) is 4.99. The highest BCUT2D eigenvalue weighted by Crippen LogP contribution is 2.22. The van der Waals surface area contributed by atoms with Crippen LogP contribution in [-0.2, 0) is 0 Å². The van der Waals surface area contributed by atoms with Crippen molar-refractivity contribution in [2.75, 3.05) is 0 Å². The average Bonchev–Trinajstić information content (AvgIpc) is 2.29. The highest BCUT2D eigenvalue weighted by Gasteiger charge is 2.10. The summed E-state index contributed by atoms with van der Waals surface area (Å²) in [6.45, 7) is 1.78. The van der Waals surface area contributed by atoms with Gasteiger partial charge in [0.2, 0.25) is 0 Å². The van der Waals surface area contributed by atoms with Gasteiger partial charge >= 0.3 is 0 Å². The predicted molar refractivity (Wildman–Crippen MR) is 64.2 cm³/mol. The second kappa shape index (κ2) is 6.49. The van der Waals surface area contributed by atoms with Crippen LogP contribution in [0.2, 0.25) is 5.02 Å². The fourth-order valence-corrected chi connectivity index (χ4v) is 1.53. The van der Waals surface area contributed by atoms with Gasteiger partial charge in [-0.2, -0.15) is 0 Å². The molecule has 1 aromatic carbocycles. The van der Waals surface area contributed by atoms with Crippen molar-refractivity contribution in [3.63, 3.8) is 0 Å². The Morgan fingerprint density at radius 3 is 2.88 bits per heavy atom. The molecule has 0 heterocycles. The Kier molecular flexibility index (Phi) is 5.27. The fourth-order valence-electron chi connectivity index (χ4n) is 1.42. The van der Waals surface area contributed by atoms with Gasteiger partial charge in [-0.25, -0.2) is 4.39 Å². The number of halogens is 2. The number of hydrogen-bond acceptors (Lipinski definition) is 2. The third-order valence-corrected chi connectivity index (χ3v) is 2.59. The minimum atomic E-state index is -0.430. The van der Waals surface area contributed by atoms with Crippen LogP contribution in [0.1, 0.15) is 31.4 Å². The van der Waals surface area contributed by atoms with Gasteiger partial charge in [0.15, 0.2) is 0 Å². The maximum atomic E-state index is 13.2. The Balaban J connectivity index is 2.77. The van der Waals surface area contributed by atoms with Crippen molar-refractivity contribution in [1.82, 2.24) is 5.43 Å². The normalized spacial score (nSPS) is 11.8. The molecule has 2 nitrogen and oxygen atoms in total. The number of nitrogens with one attached hydrogen (secondary N) is 1. The van der Waals surface area contributed by atoms with E-state index < -0.39 is 5.82 Å². The monoisotopic (exact) mass is 240 g/mol. The molecular formula is C12H14ClFN2. The van der Waals surface area contributed by atoms with Crippen LogP contribution < -0.4 is 11.3 Å². The molecule has 86 valence electrons. The first-order valence-corrected chi connectivity index (χ1v) is 5.37. The Morgan fingerprint density at radius 1 is 1.56 bits per heavy atom. The number of benzene rings is 1. The molecule has 0 amide bonds. The molecule has 1 aromatic rings. The molecule has 0 aliphatic heterocycles. The quantitative estimate of drug-likeness (QED) is 0.483. The standard InChI is InChI=1S/C12H14ClFN2/c1-2-3-4-5-12(16-15)9-6-7-10(13)11(14)8-9/h6-8,12,16H,4-5,15H2,1H3. The van der Waals surface area contributed by atoms with Crippen LogP contribution in [0, 0.1) is 17.7 Å². The highest BCUT2D eigenvalue weighted by atomic mass is 35.5. The van der Waals surface area contributed by atoms with Crippen LogP contribution >= 0.6 is 11.6 Å². The molecule has 0 saturated carbocycles. The molecule has 0 saturated heterocycles. The van der Waals surface area contributed by atoms with Gasteiger partial charge < -0.3 is 0 Å². The zero-order valence-corrected chi connectivity index (χ0v) is 9.81. The van der Waals surface area contributed by atoms with E-state index in [0.29, 0.717) is 0 Å². The van der Waals surface area contributed by atoms with Gasteiger partial charge in [0.05, 0.1) is 5.02 Å². The molecule has 0 bridgehead atoms. The first kappa shape index (κ1) is 13.0. The molecule has 1 atom stereocenters. The summed E-state index contributed by atoms with van der Waals surface area (Å²) in [4.78, 5) is 0. The van der Waals surface area contributed by atoms with Crippen LogP contribution in [0.25, 0.3) is 0 Å². The predicted octanol–water partition coefficient (Wildman–Crippen LogP) is 2.79. The molecule has 0 fully saturated rings. The van der Waals surface area contributed by atoms with Crippen LogP contribution in [0.4, 0.5) is 4.39 Å². The van der Waals surface area contributed by atoms with Gasteiger partial charge in [-0.1, -0.05) is 17.7 Å². The van der Waals surface area contributed by atoms with E-state index in [9.17, 15) is 4.39 Å². The number of hydrogen-bond donors (Lipinski definition) is 2. The van der Waals surface area contributed by atoms with Crippen LogP contribution in [0.3, 0.4) is 0 Å². The third-order valence-electron chi connectivity index (χ3n) is 2.28. The summed E-state index contributed by atoms with van der Waals surface area (Å²) in [6.07, 6.45) is 1.45. The summed E-state index contributed by atoms with van der Waals surface area (Å²) < 4.78 is 13.2. The van der Waals surface area contributed by atoms with Crippen molar-refractivity contribution >= 4 is 11.6 Å². The third kappa shape index (κ3) is 3.49. The van der Waals surface area contributed by atoms with E-state index in [1.165, 1.54) is 12.1 Å². The maximum absolute atomic E-state index is 13.2. The van der Waals surface area contributed by atoms with Crippen molar-refractivity contribution in [2.24, 2.45) is 5.84 Å². The summed E-state index contributed by atoms with van der Waals surface area (Å²) in [5, 5.41) is 0.118.